The third kappa shape index (κ3) is 6.36. The minimum absolute atomic E-state index is 0.231. The summed E-state index contributed by atoms with van der Waals surface area (Å²) in [6.07, 6.45) is 8.71. The molecule has 2 unspecified atom stereocenters. The lowest BCUT2D eigenvalue weighted by Crippen LogP contribution is -2.46. The van der Waals surface area contributed by atoms with E-state index < -0.39 is 6.17 Å². The molecule has 0 aliphatic rings. The molecule has 0 radical (unpaired) electrons. The molecule has 2 heterocycles. The largest absolute Gasteiger partial charge is 0.399 e. The Balaban J connectivity index is 1.74. The first kappa shape index (κ1) is 25.7. The predicted octanol–water partition coefficient (Wildman–Crippen LogP) is 2.81. The molecule has 0 saturated heterocycles. The second-order valence-corrected chi connectivity index (χ2v) is 9.23. The molecule has 0 aliphatic carbocycles. The molecule has 4 N–H and O–H groups in total. The van der Waals surface area contributed by atoms with Gasteiger partial charge in [0.05, 0.1) is 18.6 Å². The van der Waals surface area contributed by atoms with E-state index in [9.17, 15) is 14.7 Å². The van der Waals surface area contributed by atoms with Crippen molar-refractivity contribution in [2.24, 2.45) is 14.1 Å². The molecule has 2 aromatic heterocycles. The molecule has 186 valence electrons. The van der Waals surface area contributed by atoms with Crippen LogP contribution in [0.4, 0.5) is 5.69 Å². The number of benzene rings is 1. The van der Waals surface area contributed by atoms with Crippen LogP contribution in [0.25, 0.3) is 11.2 Å². The Morgan fingerprint density at radius 1 is 1.00 bits per heavy atom. The number of nitrogens with zero attached hydrogens (tertiary/aromatic N) is 4. The van der Waals surface area contributed by atoms with E-state index in [4.69, 9.17) is 5.73 Å². The van der Waals surface area contributed by atoms with Crippen LogP contribution in [0.1, 0.15) is 70.0 Å². The fourth-order valence-corrected chi connectivity index (χ4v) is 4.32. The first-order chi connectivity index (χ1) is 16.3. The van der Waals surface area contributed by atoms with Crippen molar-refractivity contribution in [3.63, 3.8) is 0 Å². The van der Waals surface area contributed by atoms with Gasteiger partial charge in [-0.15, -0.1) is 0 Å². The summed E-state index contributed by atoms with van der Waals surface area (Å²) in [6, 6.07) is 7.57. The molecule has 9 heteroatoms. The van der Waals surface area contributed by atoms with Crippen LogP contribution in [0.15, 0.2) is 40.2 Å². The first-order valence-corrected chi connectivity index (χ1v) is 12.2. The van der Waals surface area contributed by atoms with Crippen molar-refractivity contribution in [3.05, 3.63) is 57.0 Å². The Morgan fingerprint density at radius 2 is 1.62 bits per heavy atom. The lowest BCUT2D eigenvalue weighted by Gasteiger charge is -2.22. The van der Waals surface area contributed by atoms with E-state index in [0.717, 1.165) is 50.5 Å². The van der Waals surface area contributed by atoms with Crippen molar-refractivity contribution in [2.75, 3.05) is 5.73 Å². The number of fused-ring (bicyclic) bond motifs is 1. The van der Waals surface area contributed by atoms with Crippen molar-refractivity contribution in [2.45, 2.75) is 77.1 Å². The van der Waals surface area contributed by atoms with E-state index in [-0.39, 0.29) is 17.4 Å². The normalized spacial score (nSPS) is 13.4. The van der Waals surface area contributed by atoms with E-state index in [0.29, 0.717) is 29.8 Å². The molecule has 0 saturated carbocycles. The topological polar surface area (TPSA) is 120 Å². The number of nitrogen functional groups attached to an aromatic ring is 1. The van der Waals surface area contributed by atoms with Crippen LogP contribution in [0.5, 0.6) is 0 Å². The van der Waals surface area contributed by atoms with Gasteiger partial charge in [0, 0.05) is 26.3 Å². The second-order valence-electron chi connectivity index (χ2n) is 9.23. The van der Waals surface area contributed by atoms with Gasteiger partial charge in [0.25, 0.3) is 5.56 Å². The van der Waals surface area contributed by atoms with Gasteiger partial charge in [0.1, 0.15) is 0 Å². The van der Waals surface area contributed by atoms with Crippen molar-refractivity contribution in [1.82, 2.24) is 24.0 Å². The van der Waals surface area contributed by atoms with Gasteiger partial charge in [-0.1, -0.05) is 50.7 Å². The molecule has 0 aliphatic heterocycles. The number of aliphatic hydroxyl groups excluding tert-OH is 1. The van der Waals surface area contributed by atoms with Crippen LogP contribution >= 0.6 is 0 Å². The van der Waals surface area contributed by atoms with Crippen LogP contribution in [-0.2, 0) is 20.6 Å². The first-order valence-electron chi connectivity index (χ1n) is 12.2. The minimum Gasteiger partial charge on any atom is -0.399 e. The van der Waals surface area contributed by atoms with E-state index in [2.05, 4.69) is 10.3 Å². The fraction of sp³-hybridized carbons (Fsp3) is 0.560. The van der Waals surface area contributed by atoms with Crippen molar-refractivity contribution in [3.8, 4) is 0 Å². The summed E-state index contributed by atoms with van der Waals surface area (Å²) in [6.45, 7) is 2.34. The number of anilines is 1. The van der Waals surface area contributed by atoms with Crippen LogP contribution in [0.2, 0.25) is 0 Å². The number of imidazole rings is 1. The molecule has 0 bridgehead atoms. The number of unbranched alkanes of at least 4 members (excludes halogenated alkanes) is 5. The van der Waals surface area contributed by atoms with Gasteiger partial charge in [-0.3, -0.25) is 14.7 Å². The van der Waals surface area contributed by atoms with Crippen molar-refractivity contribution >= 4 is 16.9 Å². The second kappa shape index (κ2) is 12.0. The molecular formula is C25H38N6O3. The number of hydrogen-bond donors (Lipinski definition) is 3. The number of hydrogen-bond acceptors (Lipinski definition) is 6. The predicted molar refractivity (Wildman–Crippen MR) is 136 cm³/mol. The molecule has 3 aromatic rings. The number of aryl methyl sites for hydroxylation is 2. The van der Waals surface area contributed by atoms with Crippen LogP contribution in [0, 0.1) is 0 Å². The van der Waals surface area contributed by atoms with Crippen LogP contribution in [0.3, 0.4) is 0 Å². The summed E-state index contributed by atoms with van der Waals surface area (Å²) >= 11 is 0. The highest BCUT2D eigenvalue weighted by Crippen LogP contribution is 2.16. The van der Waals surface area contributed by atoms with Crippen molar-refractivity contribution in [1.29, 1.82) is 0 Å². The number of aliphatic hydroxyl groups is 1. The van der Waals surface area contributed by atoms with Crippen LogP contribution < -0.4 is 22.3 Å². The third-order valence-electron chi connectivity index (χ3n) is 6.33. The maximum Gasteiger partial charge on any atom is 0.333 e. The van der Waals surface area contributed by atoms with Gasteiger partial charge in [-0.25, -0.2) is 14.3 Å². The summed E-state index contributed by atoms with van der Waals surface area (Å²) in [5, 5.41) is 12.8. The quantitative estimate of drug-likeness (QED) is 0.261. The maximum atomic E-state index is 13.4. The van der Waals surface area contributed by atoms with E-state index in [1.807, 2.05) is 31.2 Å². The highest BCUT2D eigenvalue weighted by atomic mass is 16.3. The zero-order valence-electron chi connectivity index (χ0n) is 20.5. The highest BCUT2D eigenvalue weighted by Gasteiger charge is 2.21. The number of nitrogens with one attached hydrogen (secondary N) is 1. The monoisotopic (exact) mass is 470 g/mol. The molecule has 0 fully saturated rings. The Morgan fingerprint density at radius 3 is 2.26 bits per heavy atom. The average molecular weight is 471 g/mol. The molecule has 9 nitrogen and oxygen atoms in total. The smallest absolute Gasteiger partial charge is 0.333 e. The fourth-order valence-electron chi connectivity index (χ4n) is 4.32. The number of rotatable bonds is 13. The van der Waals surface area contributed by atoms with Crippen molar-refractivity contribution < 1.29 is 5.11 Å². The molecule has 2 atom stereocenters. The highest BCUT2D eigenvalue weighted by molar-refractivity contribution is 5.69. The molecular weight excluding hydrogens is 432 g/mol. The summed E-state index contributed by atoms with van der Waals surface area (Å²) in [5.74, 6) is 0. The van der Waals surface area contributed by atoms with Gasteiger partial charge in [0.15, 0.2) is 11.2 Å². The Bertz CT molecular complexity index is 1180. The Hall–Kier alpha value is -2.91. The molecule has 0 amide bonds. The van der Waals surface area contributed by atoms with E-state index in [1.165, 1.54) is 9.13 Å². The Labute approximate surface area is 200 Å². The Kier molecular flexibility index (Phi) is 9.06. The van der Waals surface area contributed by atoms with Gasteiger partial charge >= 0.3 is 5.69 Å². The lowest BCUT2D eigenvalue weighted by atomic mass is 10.1. The number of aromatic nitrogens is 4. The molecule has 0 spiro atoms. The van der Waals surface area contributed by atoms with Gasteiger partial charge in [-0.2, -0.15) is 0 Å². The van der Waals surface area contributed by atoms with E-state index >= 15 is 0 Å². The average Bonchev–Trinajstić information content (AvgIpc) is 3.20. The standard InChI is InChI=1S/C25H38N6O3/c1-18(32)10-8-6-4-5-7-9-11-21(27-16-19-12-14-20(26)15-13-19)31-24(33)22-23(28-17-29(22)2)30(3)25(31)34/h12-15,17-18,21,27,32H,4-11,16,26H2,1-3H3. The van der Waals surface area contributed by atoms with Gasteiger partial charge in [0.2, 0.25) is 0 Å². The summed E-state index contributed by atoms with van der Waals surface area (Å²) < 4.78 is 4.44. The summed E-state index contributed by atoms with van der Waals surface area (Å²) in [4.78, 5) is 30.8. The molecule has 1 aromatic carbocycles. The zero-order valence-corrected chi connectivity index (χ0v) is 20.5. The van der Waals surface area contributed by atoms with Gasteiger partial charge < -0.3 is 15.4 Å². The van der Waals surface area contributed by atoms with E-state index in [1.54, 1.807) is 25.0 Å². The van der Waals surface area contributed by atoms with Gasteiger partial charge in [-0.05, 0) is 37.5 Å². The zero-order chi connectivity index (χ0) is 24.7. The minimum atomic E-state index is -0.432. The lowest BCUT2D eigenvalue weighted by molar-refractivity contribution is 0.180. The van der Waals surface area contributed by atoms with Crippen LogP contribution in [-0.4, -0.2) is 29.9 Å². The summed E-state index contributed by atoms with van der Waals surface area (Å²) in [5.41, 5.74) is 7.63. The maximum absolute atomic E-state index is 13.4. The molecule has 3 rings (SSSR count). The third-order valence-corrected chi connectivity index (χ3v) is 6.33. The SMILES string of the molecule is CC(O)CCCCCCCCC(NCc1ccc(N)cc1)n1c(=O)c2c(ncn2C)n(C)c1=O. The summed E-state index contributed by atoms with van der Waals surface area (Å²) in [7, 11) is 3.41. The molecule has 34 heavy (non-hydrogen) atoms. The number of nitrogens with two attached hydrogens (primary N) is 1.